The van der Waals surface area contributed by atoms with Crippen molar-refractivity contribution in [2.45, 2.75) is 39.2 Å². The highest BCUT2D eigenvalue weighted by Gasteiger charge is 2.31. The van der Waals surface area contributed by atoms with Crippen molar-refractivity contribution in [3.63, 3.8) is 0 Å². The smallest absolute Gasteiger partial charge is 0.179 e. The van der Waals surface area contributed by atoms with Gasteiger partial charge in [-0.05, 0) is 73.5 Å². The van der Waals surface area contributed by atoms with Gasteiger partial charge in [-0.15, -0.1) is 16.4 Å². The lowest BCUT2D eigenvalue weighted by Crippen LogP contribution is -2.35. The monoisotopic (exact) mass is 387 g/mol. The molecule has 1 aliphatic heterocycles. The average Bonchev–Trinajstić information content (AvgIpc) is 3.26. The molecule has 1 unspecified atom stereocenters. The Hall–Kier alpha value is -1.76. The van der Waals surface area contributed by atoms with Gasteiger partial charge >= 0.3 is 0 Å². The van der Waals surface area contributed by atoms with Gasteiger partial charge in [-0.1, -0.05) is 36.2 Å². The molecule has 0 saturated carbocycles. The van der Waals surface area contributed by atoms with Gasteiger partial charge in [-0.25, -0.2) is 0 Å². The first-order chi connectivity index (χ1) is 12.6. The summed E-state index contributed by atoms with van der Waals surface area (Å²) in [6.07, 6.45) is 3.71. The number of hydrogen-bond acceptors (Lipinski definition) is 5. The molecule has 0 amide bonds. The molecular formula is C19H22ClN5S. The summed E-state index contributed by atoms with van der Waals surface area (Å²) >= 11 is 7.87. The minimum atomic E-state index is 0.0295. The number of nitrogens with zero attached hydrogens (tertiary/aromatic N) is 5. The Morgan fingerprint density at radius 1 is 1.04 bits per heavy atom. The quantitative estimate of drug-likeness (QED) is 0.657. The van der Waals surface area contributed by atoms with E-state index in [1.165, 1.54) is 35.3 Å². The number of hydrogen-bond donors (Lipinski definition) is 0. The summed E-state index contributed by atoms with van der Waals surface area (Å²) in [7, 11) is 0. The second-order valence-electron chi connectivity index (χ2n) is 6.83. The van der Waals surface area contributed by atoms with Crippen LogP contribution in [0.4, 0.5) is 0 Å². The van der Waals surface area contributed by atoms with E-state index in [9.17, 15) is 0 Å². The summed E-state index contributed by atoms with van der Waals surface area (Å²) in [5.74, 6) is 0.864. The molecule has 2 aromatic heterocycles. The van der Waals surface area contributed by atoms with Crippen LogP contribution in [0.3, 0.4) is 0 Å². The summed E-state index contributed by atoms with van der Waals surface area (Å²) < 4.78 is 2.71. The number of tetrazole rings is 1. The summed E-state index contributed by atoms with van der Waals surface area (Å²) in [5, 5.41) is 12.9. The topological polar surface area (TPSA) is 46.8 Å². The van der Waals surface area contributed by atoms with Gasteiger partial charge in [0.05, 0.1) is 10.0 Å². The first-order valence-electron chi connectivity index (χ1n) is 8.99. The van der Waals surface area contributed by atoms with Crippen LogP contribution in [0.1, 0.15) is 47.1 Å². The fraction of sp³-hybridized carbons (Fsp3) is 0.421. The first-order valence-corrected chi connectivity index (χ1v) is 10.2. The number of halogens is 1. The van der Waals surface area contributed by atoms with E-state index in [4.69, 9.17) is 11.6 Å². The second kappa shape index (κ2) is 7.47. The fourth-order valence-electron chi connectivity index (χ4n) is 3.79. The lowest BCUT2D eigenvalue weighted by atomic mass is 10.1. The van der Waals surface area contributed by atoms with Crippen molar-refractivity contribution in [2.24, 2.45) is 0 Å². The number of aromatic nitrogens is 4. The van der Waals surface area contributed by atoms with Crippen LogP contribution in [0, 0.1) is 13.8 Å². The van der Waals surface area contributed by atoms with E-state index in [0.717, 1.165) is 28.9 Å². The Morgan fingerprint density at radius 2 is 1.77 bits per heavy atom. The molecular weight excluding hydrogens is 366 g/mol. The number of para-hydroxylation sites is 1. The van der Waals surface area contributed by atoms with Crippen LogP contribution in [-0.2, 0) is 0 Å². The molecule has 1 aromatic carbocycles. The summed E-state index contributed by atoms with van der Waals surface area (Å²) in [6, 6.07) is 10.4. The van der Waals surface area contributed by atoms with Gasteiger partial charge < -0.3 is 0 Å². The van der Waals surface area contributed by atoms with Gasteiger partial charge in [-0.2, -0.15) is 4.68 Å². The van der Waals surface area contributed by atoms with Gasteiger partial charge in [-0.3, -0.25) is 4.90 Å². The van der Waals surface area contributed by atoms with Gasteiger partial charge in [0, 0.05) is 4.88 Å². The molecule has 3 aromatic rings. The normalized spacial score (nSPS) is 16.7. The van der Waals surface area contributed by atoms with Gasteiger partial charge in [0.1, 0.15) is 6.04 Å². The van der Waals surface area contributed by atoms with Crippen molar-refractivity contribution in [1.82, 2.24) is 25.1 Å². The SMILES string of the molecule is Cc1cccc(C)c1-n1nnnc1C(c1ccc(Cl)s1)N1CCCCC1. The average molecular weight is 388 g/mol. The molecule has 0 aliphatic carbocycles. The molecule has 1 atom stereocenters. The maximum absolute atomic E-state index is 6.25. The largest absolute Gasteiger partial charge is 0.289 e. The molecule has 0 radical (unpaired) electrons. The first kappa shape index (κ1) is 17.6. The molecule has 5 nitrogen and oxygen atoms in total. The zero-order valence-electron chi connectivity index (χ0n) is 15.0. The second-order valence-corrected chi connectivity index (χ2v) is 8.58. The maximum Gasteiger partial charge on any atom is 0.179 e. The number of benzene rings is 1. The molecule has 0 N–H and O–H groups in total. The van der Waals surface area contributed by atoms with Crippen molar-refractivity contribution in [1.29, 1.82) is 0 Å². The van der Waals surface area contributed by atoms with Crippen LogP contribution in [0.25, 0.3) is 5.69 Å². The molecule has 1 saturated heterocycles. The van der Waals surface area contributed by atoms with E-state index in [1.54, 1.807) is 11.3 Å². The molecule has 4 rings (SSSR count). The van der Waals surface area contributed by atoms with E-state index in [0.29, 0.717) is 0 Å². The number of likely N-dealkylation sites (tertiary alicyclic amines) is 1. The number of rotatable bonds is 4. The lowest BCUT2D eigenvalue weighted by Gasteiger charge is -2.33. The summed E-state index contributed by atoms with van der Waals surface area (Å²) in [4.78, 5) is 3.68. The predicted octanol–water partition coefficient (Wildman–Crippen LogP) is 4.57. The molecule has 3 heterocycles. The molecule has 136 valence electrons. The Kier molecular flexibility index (Phi) is 5.07. The maximum atomic E-state index is 6.25. The third kappa shape index (κ3) is 3.29. The van der Waals surface area contributed by atoms with Crippen LogP contribution < -0.4 is 0 Å². The predicted molar refractivity (Wildman–Crippen MR) is 105 cm³/mol. The van der Waals surface area contributed by atoms with E-state index < -0.39 is 0 Å². The lowest BCUT2D eigenvalue weighted by molar-refractivity contribution is 0.182. The van der Waals surface area contributed by atoms with Crippen LogP contribution in [-0.4, -0.2) is 38.2 Å². The molecule has 1 aliphatic rings. The highest BCUT2D eigenvalue weighted by molar-refractivity contribution is 7.16. The Morgan fingerprint density at radius 3 is 2.42 bits per heavy atom. The van der Waals surface area contributed by atoms with Crippen LogP contribution >= 0.6 is 22.9 Å². The van der Waals surface area contributed by atoms with E-state index in [1.807, 2.05) is 10.7 Å². The Balaban J connectivity index is 1.84. The highest BCUT2D eigenvalue weighted by Crippen LogP contribution is 2.36. The van der Waals surface area contributed by atoms with Crippen molar-refractivity contribution in [3.8, 4) is 5.69 Å². The highest BCUT2D eigenvalue weighted by atomic mass is 35.5. The third-order valence-electron chi connectivity index (χ3n) is 5.01. The van der Waals surface area contributed by atoms with E-state index >= 15 is 0 Å². The minimum absolute atomic E-state index is 0.0295. The van der Waals surface area contributed by atoms with Crippen molar-refractivity contribution in [3.05, 3.63) is 56.5 Å². The Bertz CT molecular complexity index is 877. The van der Waals surface area contributed by atoms with Crippen molar-refractivity contribution in [2.75, 3.05) is 13.1 Å². The molecule has 26 heavy (non-hydrogen) atoms. The van der Waals surface area contributed by atoms with Crippen LogP contribution in [0.5, 0.6) is 0 Å². The molecule has 0 spiro atoms. The van der Waals surface area contributed by atoms with Gasteiger partial charge in [0.2, 0.25) is 0 Å². The fourth-order valence-corrected chi connectivity index (χ4v) is 4.98. The molecule has 1 fully saturated rings. The van der Waals surface area contributed by atoms with Gasteiger partial charge in [0.25, 0.3) is 0 Å². The minimum Gasteiger partial charge on any atom is -0.289 e. The molecule has 7 heteroatoms. The number of thiophene rings is 1. The zero-order chi connectivity index (χ0) is 18.1. The molecule has 0 bridgehead atoms. The third-order valence-corrected chi connectivity index (χ3v) is 6.29. The van der Waals surface area contributed by atoms with Crippen LogP contribution in [0.2, 0.25) is 4.34 Å². The standard InChI is InChI=1S/C19H22ClN5S/c1-13-7-6-8-14(2)17(13)25-19(21-22-23-25)18(15-9-10-16(20)26-15)24-11-4-3-5-12-24/h6-10,18H,3-5,11-12H2,1-2H3. The van der Waals surface area contributed by atoms with Crippen molar-refractivity contribution < 1.29 is 0 Å². The van der Waals surface area contributed by atoms with Crippen LogP contribution in [0.15, 0.2) is 30.3 Å². The van der Waals surface area contributed by atoms with Gasteiger partial charge in [0.15, 0.2) is 5.82 Å². The Labute approximate surface area is 162 Å². The number of aryl methyl sites for hydroxylation is 2. The van der Waals surface area contributed by atoms with E-state index in [2.05, 4.69) is 58.5 Å². The van der Waals surface area contributed by atoms with Crippen molar-refractivity contribution >= 4 is 22.9 Å². The zero-order valence-corrected chi connectivity index (χ0v) is 16.6. The summed E-state index contributed by atoms with van der Waals surface area (Å²) in [6.45, 7) is 6.32. The summed E-state index contributed by atoms with van der Waals surface area (Å²) in [5.41, 5.74) is 3.40. The van der Waals surface area contributed by atoms with E-state index in [-0.39, 0.29) is 6.04 Å². The number of piperidine rings is 1.